The third kappa shape index (κ3) is 4.55. The molecule has 0 aromatic rings. The summed E-state index contributed by atoms with van der Waals surface area (Å²) in [5.74, 6) is 0.0905. The molecule has 1 heterocycles. The van der Waals surface area contributed by atoms with Gasteiger partial charge in [0.1, 0.15) is 6.61 Å². The third-order valence-electron chi connectivity index (χ3n) is 3.65. The van der Waals surface area contributed by atoms with Crippen LogP contribution in [0.5, 0.6) is 0 Å². The zero-order valence-corrected chi connectivity index (χ0v) is 11.7. The lowest BCUT2D eigenvalue weighted by Crippen LogP contribution is -2.59. The number of ether oxygens (including phenoxy) is 1. The molecule has 1 rings (SSSR count). The molecule has 1 fully saturated rings. The first-order chi connectivity index (χ1) is 8.50. The predicted molar refractivity (Wildman–Crippen MR) is 70.3 cm³/mol. The van der Waals surface area contributed by atoms with Gasteiger partial charge in [-0.3, -0.25) is 4.79 Å². The van der Waals surface area contributed by atoms with Crippen LogP contribution in [0, 0.1) is 5.92 Å². The second-order valence-electron chi connectivity index (χ2n) is 5.29. The van der Waals surface area contributed by atoms with Crippen LogP contribution in [0.15, 0.2) is 0 Å². The topological polar surface area (TPSA) is 70.6 Å². The molecule has 0 aromatic heterocycles. The Balaban J connectivity index is 2.16. The average Bonchev–Trinajstić information content (AvgIpc) is 2.33. The zero-order valence-electron chi connectivity index (χ0n) is 11.7. The van der Waals surface area contributed by atoms with Crippen LogP contribution in [0.4, 0.5) is 0 Å². The summed E-state index contributed by atoms with van der Waals surface area (Å²) in [6.45, 7) is 8.03. The van der Waals surface area contributed by atoms with E-state index in [4.69, 9.17) is 4.74 Å². The lowest BCUT2D eigenvalue weighted by molar-refractivity contribution is -0.136. The van der Waals surface area contributed by atoms with E-state index >= 15 is 0 Å². The van der Waals surface area contributed by atoms with Gasteiger partial charge < -0.3 is 20.5 Å². The Kier molecular flexibility index (Phi) is 6.05. The third-order valence-corrected chi connectivity index (χ3v) is 3.65. The van der Waals surface area contributed by atoms with Crippen LogP contribution in [0.25, 0.3) is 0 Å². The number of hydrogen-bond acceptors (Lipinski definition) is 4. The summed E-state index contributed by atoms with van der Waals surface area (Å²) in [6, 6.07) is 0. The summed E-state index contributed by atoms with van der Waals surface area (Å²) >= 11 is 0. The van der Waals surface area contributed by atoms with Crippen LogP contribution < -0.4 is 10.6 Å². The fourth-order valence-electron chi connectivity index (χ4n) is 2.09. The maximum Gasteiger partial charge on any atom is 0.246 e. The minimum absolute atomic E-state index is 0.0633. The van der Waals surface area contributed by atoms with Crippen LogP contribution in [-0.4, -0.2) is 49.0 Å². The van der Waals surface area contributed by atoms with Gasteiger partial charge in [0.2, 0.25) is 5.91 Å². The first-order valence-corrected chi connectivity index (χ1v) is 6.80. The van der Waals surface area contributed by atoms with E-state index < -0.39 is 6.10 Å². The zero-order chi connectivity index (χ0) is 13.6. The van der Waals surface area contributed by atoms with Gasteiger partial charge in [-0.05, 0) is 12.8 Å². The minimum Gasteiger partial charge on any atom is -0.391 e. The second-order valence-corrected chi connectivity index (χ2v) is 5.29. The van der Waals surface area contributed by atoms with Crippen molar-refractivity contribution in [3.8, 4) is 0 Å². The van der Waals surface area contributed by atoms with Gasteiger partial charge in [-0.25, -0.2) is 0 Å². The van der Waals surface area contributed by atoms with E-state index in [2.05, 4.69) is 10.6 Å². The summed E-state index contributed by atoms with van der Waals surface area (Å²) < 4.78 is 5.52. The Hall–Kier alpha value is -0.650. The van der Waals surface area contributed by atoms with Gasteiger partial charge in [-0.1, -0.05) is 26.7 Å². The van der Waals surface area contributed by atoms with Crippen molar-refractivity contribution in [3.05, 3.63) is 0 Å². The van der Waals surface area contributed by atoms with Gasteiger partial charge in [0.05, 0.1) is 11.7 Å². The molecule has 1 aliphatic heterocycles. The Bertz CT molecular complexity index is 263. The normalized spacial score (nSPS) is 19.4. The SMILES string of the molecule is CCC(CC)C(O)CNC(=O)COC1(C)CNC1. The van der Waals surface area contributed by atoms with Gasteiger partial charge >= 0.3 is 0 Å². The Morgan fingerprint density at radius 1 is 1.44 bits per heavy atom. The molecule has 1 amide bonds. The number of hydrogen-bond donors (Lipinski definition) is 3. The van der Waals surface area contributed by atoms with Crippen LogP contribution in [-0.2, 0) is 9.53 Å². The highest BCUT2D eigenvalue weighted by Crippen LogP contribution is 2.15. The molecule has 5 nitrogen and oxygen atoms in total. The van der Waals surface area contributed by atoms with E-state index in [0.29, 0.717) is 6.54 Å². The molecule has 0 bridgehead atoms. The molecule has 5 heteroatoms. The van der Waals surface area contributed by atoms with Crippen LogP contribution in [0.3, 0.4) is 0 Å². The highest BCUT2D eigenvalue weighted by molar-refractivity contribution is 5.77. The van der Waals surface area contributed by atoms with E-state index in [-0.39, 0.29) is 24.0 Å². The van der Waals surface area contributed by atoms with E-state index in [0.717, 1.165) is 25.9 Å². The monoisotopic (exact) mass is 258 g/mol. The minimum atomic E-state index is -0.468. The van der Waals surface area contributed by atoms with E-state index in [1.807, 2.05) is 20.8 Å². The molecular formula is C13H26N2O3. The number of aliphatic hydroxyl groups excluding tert-OH is 1. The molecule has 0 aromatic carbocycles. The van der Waals surface area contributed by atoms with Crippen molar-refractivity contribution >= 4 is 5.91 Å². The van der Waals surface area contributed by atoms with Crippen molar-refractivity contribution in [1.82, 2.24) is 10.6 Å². The standard InChI is InChI=1S/C13H26N2O3/c1-4-10(5-2)11(16)6-15-12(17)7-18-13(3)8-14-9-13/h10-11,14,16H,4-9H2,1-3H3,(H,15,17). The van der Waals surface area contributed by atoms with Gasteiger partial charge in [-0.2, -0.15) is 0 Å². The molecule has 0 spiro atoms. The average molecular weight is 258 g/mol. The van der Waals surface area contributed by atoms with Gasteiger partial charge in [0, 0.05) is 19.6 Å². The number of carbonyl (C=O) groups is 1. The van der Waals surface area contributed by atoms with E-state index in [1.54, 1.807) is 0 Å². The maximum atomic E-state index is 11.6. The summed E-state index contributed by atoms with van der Waals surface area (Å²) in [4.78, 5) is 11.6. The second kappa shape index (κ2) is 7.07. The Morgan fingerprint density at radius 3 is 2.50 bits per heavy atom. The van der Waals surface area contributed by atoms with Crippen LogP contribution >= 0.6 is 0 Å². The highest BCUT2D eigenvalue weighted by atomic mass is 16.5. The predicted octanol–water partition coefficient (Wildman–Crippen LogP) is 0.278. The number of aliphatic hydroxyl groups is 1. The Labute approximate surface area is 109 Å². The first kappa shape index (κ1) is 15.4. The number of carbonyl (C=O) groups excluding carboxylic acids is 1. The number of nitrogens with one attached hydrogen (secondary N) is 2. The van der Waals surface area contributed by atoms with Crippen LogP contribution in [0.2, 0.25) is 0 Å². The van der Waals surface area contributed by atoms with Gasteiger partial charge in [0.15, 0.2) is 0 Å². The van der Waals surface area contributed by atoms with Crippen molar-refractivity contribution in [3.63, 3.8) is 0 Å². The van der Waals surface area contributed by atoms with E-state index in [1.165, 1.54) is 0 Å². The summed E-state index contributed by atoms with van der Waals surface area (Å²) in [5.41, 5.74) is -0.203. The maximum absolute atomic E-state index is 11.6. The fourth-order valence-corrected chi connectivity index (χ4v) is 2.09. The summed E-state index contributed by atoms with van der Waals surface area (Å²) in [5, 5.41) is 15.7. The molecule has 1 saturated heterocycles. The lowest BCUT2D eigenvalue weighted by atomic mass is 9.96. The Morgan fingerprint density at radius 2 is 2.06 bits per heavy atom. The molecule has 0 saturated carbocycles. The highest BCUT2D eigenvalue weighted by Gasteiger charge is 2.33. The number of rotatable bonds is 8. The van der Waals surface area contributed by atoms with Crippen molar-refractivity contribution < 1.29 is 14.6 Å². The quantitative estimate of drug-likeness (QED) is 0.585. The molecule has 1 atom stereocenters. The van der Waals surface area contributed by atoms with Crippen molar-refractivity contribution in [1.29, 1.82) is 0 Å². The van der Waals surface area contributed by atoms with Crippen molar-refractivity contribution in [2.24, 2.45) is 5.92 Å². The fraction of sp³-hybridized carbons (Fsp3) is 0.923. The molecule has 18 heavy (non-hydrogen) atoms. The molecule has 0 aliphatic carbocycles. The molecule has 1 unspecified atom stereocenters. The lowest BCUT2D eigenvalue weighted by Gasteiger charge is -2.38. The van der Waals surface area contributed by atoms with E-state index in [9.17, 15) is 9.90 Å². The molecule has 3 N–H and O–H groups in total. The van der Waals surface area contributed by atoms with Gasteiger partial charge in [-0.15, -0.1) is 0 Å². The first-order valence-electron chi connectivity index (χ1n) is 6.80. The smallest absolute Gasteiger partial charge is 0.246 e. The van der Waals surface area contributed by atoms with Crippen molar-refractivity contribution in [2.75, 3.05) is 26.2 Å². The van der Waals surface area contributed by atoms with Crippen molar-refractivity contribution in [2.45, 2.75) is 45.3 Å². The molecule has 1 aliphatic rings. The summed E-state index contributed by atoms with van der Waals surface area (Å²) in [6.07, 6.45) is 1.38. The number of amides is 1. The van der Waals surface area contributed by atoms with Gasteiger partial charge in [0.25, 0.3) is 0 Å². The molecule has 106 valence electrons. The van der Waals surface area contributed by atoms with Crippen LogP contribution in [0.1, 0.15) is 33.6 Å². The molecule has 0 radical (unpaired) electrons. The summed E-state index contributed by atoms with van der Waals surface area (Å²) in [7, 11) is 0. The largest absolute Gasteiger partial charge is 0.391 e. The molecular weight excluding hydrogens is 232 g/mol.